The van der Waals surface area contributed by atoms with Gasteiger partial charge in [-0.1, -0.05) is 0 Å². The molecule has 0 radical (unpaired) electrons. The fourth-order valence-corrected chi connectivity index (χ4v) is 1.20. The minimum absolute atomic E-state index is 0.341. The minimum atomic E-state index is -0.341. The van der Waals surface area contributed by atoms with Gasteiger partial charge < -0.3 is 11.5 Å². The van der Waals surface area contributed by atoms with E-state index in [1.807, 2.05) is 0 Å². The SMILES string of the molecule is Nc1cnc2ccc(F)cc2c1N. The number of hydrogen-bond acceptors (Lipinski definition) is 3. The van der Waals surface area contributed by atoms with E-state index in [0.29, 0.717) is 22.3 Å². The first-order chi connectivity index (χ1) is 6.18. The van der Waals surface area contributed by atoms with Gasteiger partial charge in [0.2, 0.25) is 0 Å². The number of nitrogen functional groups attached to an aromatic ring is 2. The summed E-state index contributed by atoms with van der Waals surface area (Å²) in [6.45, 7) is 0. The second-order valence-corrected chi connectivity index (χ2v) is 2.79. The third kappa shape index (κ3) is 1.16. The van der Waals surface area contributed by atoms with E-state index in [2.05, 4.69) is 4.98 Å². The van der Waals surface area contributed by atoms with Gasteiger partial charge in [0.25, 0.3) is 0 Å². The maximum atomic E-state index is 12.8. The number of pyridine rings is 1. The molecule has 13 heavy (non-hydrogen) atoms. The number of nitrogens with two attached hydrogens (primary N) is 2. The highest BCUT2D eigenvalue weighted by Gasteiger charge is 2.03. The molecule has 0 saturated heterocycles. The summed E-state index contributed by atoms with van der Waals surface area (Å²) in [4.78, 5) is 4.01. The first-order valence-corrected chi connectivity index (χ1v) is 3.77. The molecule has 1 aromatic heterocycles. The monoisotopic (exact) mass is 177 g/mol. The van der Waals surface area contributed by atoms with E-state index in [9.17, 15) is 4.39 Å². The molecule has 1 heterocycles. The Balaban J connectivity index is 2.89. The van der Waals surface area contributed by atoms with Crippen molar-refractivity contribution in [3.63, 3.8) is 0 Å². The van der Waals surface area contributed by atoms with Gasteiger partial charge in [0, 0.05) is 5.39 Å². The maximum absolute atomic E-state index is 12.8. The van der Waals surface area contributed by atoms with Gasteiger partial charge in [0.15, 0.2) is 0 Å². The summed E-state index contributed by atoms with van der Waals surface area (Å²) >= 11 is 0. The van der Waals surface area contributed by atoms with E-state index >= 15 is 0 Å². The van der Waals surface area contributed by atoms with Crippen molar-refractivity contribution >= 4 is 22.3 Å². The normalized spacial score (nSPS) is 10.5. The summed E-state index contributed by atoms with van der Waals surface area (Å²) in [5, 5.41) is 0.556. The highest BCUT2D eigenvalue weighted by Crippen LogP contribution is 2.24. The molecule has 2 aromatic rings. The van der Waals surface area contributed by atoms with Crippen LogP contribution in [0, 0.1) is 5.82 Å². The third-order valence-electron chi connectivity index (χ3n) is 1.90. The molecule has 0 aliphatic heterocycles. The number of aromatic nitrogens is 1. The molecule has 3 nitrogen and oxygen atoms in total. The van der Waals surface area contributed by atoms with Gasteiger partial charge in [-0.2, -0.15) is 0 Å². The van der Waals surface area contributed by atoms with Gasteiger partial charge in [-0.15, -0.1) is 0 Å². The van der Waals surface area contributed by atoms with E-state index in [0.717, 1.165) is 0 Å². The maximum Gasteiger partial charge on any atom is 0.124 e. The van der Waals surface area contributed by atoms with Crippen molar-refractivity contribution in [3.05, 3.63) is 30.2 Å². The molecule has 66 valence electrons. The van der Waals surface area contributed by atoms with Gasteiger partial charge >= 0.3 is 0 Å². The molecule has 0 saturated carbocycles. The molecule has 0 aliphatic carbocycles. The topological polar surface area (TPSA) is 64.9 Å². The molecule has 0 spiro atoms. The van der Waals surface area contributed by atoms with Crippen molar-refractivity contribution in [2.45, 2.75) is 0 Å². The zero-order valence-electron chi connectivity index (χ0n) is 6.79. The molecule has 0 atom stereocenters. The fraction of sp³-hybridized carbons (Fsp3) is 0. The Morgan fingerprint density at radius 1 is 1.23 bits per heavy atom. The summed E-state index contributed by atoms with van der Waals surface area (Å²) in [7, 11) is 0. The number of rotatable bonds is 0. The van der Waals surface area contributed by atoms with Crippen molar-refractivity contribution < 1.29 is 4.39 Å². The molecule has 0 aliphatic rings. The van der Waals surface area contributed by atoms with E-state index in [1.165, 1.54) is 18.3 Å². The Labute approximate surface area is 74.2 Å². The van der Waals surface area contributed by atoms with Gasteiger partial charge in [-0.25, -0.2) is 4.39 Å². The van der Waals surface area contributed by atoms with Gasteiger partial charge in [-0.3, -0.25) is 4.98 Å². The summed E-state index contributed by atoms with van der Waals surface area (Å²) in [6.07, 6.45) is 1.47. The average molecular weight is 177 g/mol. The Bertz CT molecular complexity index is 462. The van der Waals surface area contributed by atoms with Crippen LogP contribution < -0.4 is 11.5 Å². The van der Waals surface area contributed by atoms with Crippen LogP contribution in [0.3, 0.4) is 0 Å². The van der Waals surface area contributed by atoms with E-state index < -0.39 is 0 Å². The predicted octanol–water partition coefficient (Wildman–Crippen LogP) is 1.54. The van der Waals surface area contributed by atoms with Crippen molar-refractivity contribution in [2.24, 2.45) is 0 Å². The molecule has 4 heteroatoms. The molecule has 1 aromatic carbocycles. The number of halogens is 1. The Kier molecular flexibility index (Phi) is 1.55. The Morgan fingerprint density at radius 2 is 2.00 bits per heavy atom. The lowest BCUT2D eigenvalue weighted by atomic mass is 10.1. The second-order valence-electron chi connectivity index (χ2n) is 2.79. The summed E-state index contributed by atoms with van der Waals surface area (Å²) in [5.41, 5.74) is 12.6. The van der Waals surface area contributed by atoms with Crippen molar-refractivity contribution in [2.75, 3.05) is 11.5 Å². The van der Waals surface area contributed by atoms with E-state index in [-0.39, 0.29) is 5.82 Å². The molecule has 4 N–H and O–H groups in total. The average Bonchev–Trinajstić information content (AvgIpc) is 2.12. The van der Waals surface area contributed by atoms with Crippen LogP contribution in [0.4, 0.5) is 15.8 Å². The summed E-state index contributed by atoms with van der Waals surface area (Å²) in [6, 6.07) is 4.24. The quantitative estimate of drug-likeness (QED) is 0.641. The molecular formula is C9H8FN3. The van der Waals surface area contributed by atoms with Crippen LogP contribution in [0.15, 0.2) is 24.4 Å². The highest BCUT2D eigenvalue weighted by atomic mass is 19.1. The molecule has 2 rings (SSSR count). The number of nitrogens with zero attached hydrogens (tertiary/aromatic N) is 1. The molecule has 0 fully saturated rings. The van der Waals surface area contributed by atoms with Gasteiger partial charge in [-0.05, 0) is 18.2 Å². The molecular weight excluding hydrogens is 169 g/mol. The Morgan fingerprint density at radius 3 is 2.77 bits per heavy atom. The van der Waals surface area contributed by atoms with Crippen LogP contribution in [0.2, 0.25) is 0 Å². The summed E-state index contributed by atoms with van der Waals surface area (Å²) in [5.74, 6) is -0.341. The van der Waals surface area contributed by atoms with Crippen molar-refractivity contribution in [1.82, 2.24) is 4.98 Å². The number of fused-ring (bicyclic) bond motifs is 1. The lowest BCUT2D eigenvalue weighted by Gasteiger charge is -2.03. The van der Waals surface area contributed by atoms with Crippen molar-refractivity contribution in [1.29, 1.82) is 0 Å². The zero-order valence-corrected chi connectivity index (χ0v) is 6.79. The van der Waals surface area contributed by atoms with Gasteiger partial charge in [0.1, 0.15) is 5.82 Å². The molecule has 0 bridgehead atoms. The molecule has 0 unspecified atom stereocenters. The molecule has 0 amide bonds. The largest absolute Gasteiger partial charge is 0.396 e. The number of anilines is 2. The smallest absolute Gasteiger partial charge is 0.124 e. The lowest BCUT2D eigenvalue weighted by molar-refractivity contribution is 0.629. The lowest BCUT2D eigenvalue weighted by Crippen LogP contribution is -1.97. The third-order valence-corrected chi connectivity index (χ3v) is 1.90. The zero-order chi connectivity index (χ0) is 9.42. The fourth-order valence-electron chi connectivity index (χ4n) is 1.20. The Hall–Kier alpha value is -1.84. The van der Waals surface area contributed by atoms with Crippen LogP contribution in [-0.2, 0) is 0 Å². The van der Waals surface area contributed by atoms with Crippen molar-refractivity contribution in [3.8, 4) is 0 Å². The number of hydrogen-bond donors (Lipinski definition) is 2. The standard InChI is InChI=1S/C9H8FN3/c10-5-1-2-8-6(3-5)9(12)7(11)4-13-8/h1-4H,11H2,(H2,12,13). The van der Waals surface area contributed by atoms with Crippen LogP contribution in [0.25, 0.3) is 10.9 Å². The number of benzene rings is 1. The van der Waals surface area contributed by atoms with Crippen LogP contribution in [0.5, 0.6) is 0 Å². The predicted molar refractivity (Wildman–Crippen MR) is 50.5 cm³/mol. The highest BCUT2D eigenvalue weighted by molar-refractivity contribution is 5.95. The van der Waals surface area contributed by atoms with E-state index in [1.54, 1.807) is 6.07 Å². The first-order valence-electron chi connectivity index (χ1n) is 3.77. The van der Waals surface area contributed by atoms with Gasteiger partial charge in [0.05, 0.1) is 23.1 Å². The summed E-state index contributed by atoms with van der Waals surface area (Å²) < 4.78 is 12.8. The van der Waals surface area contributed by atoms with Crippen LogP contribution in [-0.4, -0.2) is 4.98 Å². The van der Waals surface area contributed by atoms with Crippen LogP contribution >= 0.6 is 0 Å². The van der Waals surface area contributed by atoms with E-state index in [4.69, 9.17) is 11.5 Å². The second kappa shape index (κ2) is 2.58. The first kappa shape index (κ1) is 7.79. The van der Waals surface area contributed by atoms with Crippen LogP contribution in [0.1, 0.15) is 0 Å². The minimum Gasteiger partial charge on any atom is -0.396 e.